The van der Waals surface area contributed by atoms with Crippen LogP contribution in [0.5, 0.6) is 0 Å². The fourth-order valence-electron chi connectivity index (χ4n) is 1.87. The SMILES string of the molecule is Cn1cnc(N)c1S(=O)(=O)Nc1c(Cl)ccc2nsnc12. The maximum atomic E-state index is 12.5. The maximum absolute atomic E-state index is 12.5. The fraction of sp³-hybridized carbons (Fsp3) is 0.100. The Hall–Kier alpha value is -1.91. The van der Waals surface area contributed by atoms with E-state index in [4.69, 9.17) is 17.3 Å². The van der Waals surface area contributed by atoms with Gasteiger partial charge in [-0.25, -0.2) is 4.98 Å². The Bertz CT molecular complexity index is 913. The average molecular weight is 345 g/mol. The number of aromatic nitrogens is 4. The van der Waals surface area contributed by atoms with E-state index < -0.39 is 10.0 Å². The van der Waals surface area contributed by atoms with E-state index in [-0.39, 0.29) is 21.6 Å². The molecule has 0 fully saturated rings. The van der Waals surface area contributed by atoms with E-state index in [1.807, 2.05) is 0 Å². The molecule has 1 aromatic carbocycles. The van der Waals surface area contributed by atoms with Crippen LogP contribution in [0.3, 0.4) is 0 Å². The van der Waals surface area contributed by atoms with Gasteiger partial charge in [0.05, 0.1) is 28.8 Å². The van der Waals surface area contributed by atoms with Gasteiger partial charge in [-0.2, -0.15) is 17.2 Å². The molecule has 0 aliphatic carbocycles. The van der Waals surface area contributed by atoms with Crippen molar-refractivity contribution in [1.82, 2.24) is 18.3 Å². The van der Waals surface area contributed by atoms with E-state index in [2.05, 4.69) is 18.5 Å². The summed E-state index contributed by atoms with van der Waals surface area (Å²) in [6.45, 7) is 0. The zero-order valence-electron chi connectivity index (χ0n) is 10.6. The topological polar surface area (TPSA) is 116 Å². The number of hydrogen-bond acceptors (Lipinski definition) is 7. The molecule has 0 aliphatic rings. The molecule has 21 heavy (non-hydrogen) atoms. The summed E-state index contributed by atoms with van der Waals surface area (Å²) in [6.07, 6.45) is 1.32. The molecule has 8 nitrogen and oxygen atoms in total. The van der Waals surface area contributed by atoms with E-state index in [1.165, 1.54) is 17.9 Å². The lowest BCUT2D eigenvalue weighted by molar-refractivity contribution is 0.592. The van der Waals surface area contributed by atoms with Crippen molar-refractivity contribution in [3.05, 3.63) is 23.5 Å². The van der Waals surface area contributed by atoms with E-state index in [9.17, 15) is 8.42 Å². The lowest BCUT2D eigenvalue weighted by Gasteiger charge is -2.10. The maximum Gasteiger partial charge on any atom is 0.281 e. The number of sulfonamides is 1. The number of nitrogens with one attached hydrogen (secondary N) is 1. The van der Waals surface area contributed by atoms with E-state index in [0.29, 0.717) is 11.0 Å². The van der Waals surface area contributed by atoms with Gasteiger partial charge in [0, 0.05) is 7.05 Å². The van der Waals surface area contributed by atoms with E-state index >= 15 is 0 Å². The van der Waals surface area contributed by atoms with Crippen LogP contribution in [0.15, 0.2) is 23.5 Å². The molecule has 0 spiro atoms. The van der Waals surface area contributed by atoms with Gasteiger partial charge in [-0.3, -0.25) is 4.72 Å². The molecule has 3 rings (SSSR count). The molecule has 3 N–H and O–H groups in total. The van der Waals surface area contributed by atoms with Crippen LogP contribution in [0.1, 0.15) is 0 Å². The first kappa shape index (κ1) is 14.0. The number of aryl methyl sites for hydroxylation is 1. The zero-order valence-corrected chi connectivity index (χ0v) is 13.0. The van der Waals surface area contributed by atoms with Crippen LogP contribution < -0.4 is 10.5 Å². The predicted octanol–water partition coefficient (Wildman–Crippen LogP) is 1.46. The minimum absolute atomic E-state index is 0.0929. The van der Waals surface area contributed by atoms with Gasteiger partial charge in [-0.15, -0.1) is 0 Å². The van der Waals surface area contributed by atoms with Crippen LogP contribution >= 0.6 is 23.3 Å². The third-order valence-electron chi connectivity index (χ3n) is 2.78. The van der Waals surface area contributed by atoms with Crippen molar-refractivity contribution in [3.63, 3.8) is 0 Å². The Labute approximate surface area is 128 Å². The Morgan fingerprint density at radius 2 is 2.14 bits per heavy atom. The summed E-state index contributed by atoms with van der Waals surface area (Å²) in [4.78, 5) is 3.76. The molecule has 2 heterocycles. The van der Waals surface area contributed by atoms with Crippen molar-refractivity contribution in [2.24, 2.45) is 7.05 Å². The minimum Gasteiger partial charge on any atom is -0.381 e. The highest BCUT2D eigenvalue weighted by atomic mass is 35.5. The van der Waals surface area contributed by atoms with Gasteiger partial charge >= 0.3 is 0 Å². The molecule has 11 heteroatoms. The molecule has 0 atom stereocenters. The number of imidazole rings is 1. The second kappa shape index (κ2) is 4.83. The van der Waals surface area contributed by atoms with E-state index in [0.717, 1.165) is 11.7 Å². The van der Waals surface area contributed by atoms with Gasteiger partial charge < -0.3 is 10.3 Å². The smallest absolute Gasteiger partial charge is 0.281 e. The summed E-state index contributed by atoms with van der Waals surface area (Å²) in [5, 5.41) is 0.0817. The highest BCUT2D eigenvalue weighted by Gasteiger charge is 2.25. The number of nitrogen functional groups attached to an aromatic ring is 1. The lowest BCUT2D eigenvalue weighted by Crippen LogP contribution is -2.18. The largest absolute Gasteiger partial charge is 0.381 e. The fourth-order valence-corrected chi connectivity index (χ4v) is 4.00. The number of benzene rings is 1. The minimum atomic E-state index is -3.95. The van der Waals surface area contributed by atoms with Crippen LogP contribution in [-0.2, 0) is 17.1 Å². The summed E-state index contributed by atoms with van der Waals surface area (Å²) < 4.78 is 36.7. The standard InChI is InChI=1S/C10H9ClN6O2S2/c1-17-4-13-9(12)10(17)21(18,19)16-7-5(11)2-3-6-8(7)15-20-14-6/h2-4,16H,12H2,1H3. The van der Waals surface area contributed by atoms with Gasteiger partial charge in [0.15, 0.2) is 10.8 Å². The third-order valence-corrected chi connectivity index (χ3v) is 5.11. The van der Waals surface area contributed by atoms with Crippen molar-refractivity contribution >= 4 is 55.9 Å². The predicted molar refractivity (Wildman–Crippen MR) is 80.9 cm³/mol. The van der Waals surface area contributed by atoms with Crippen LogP contribution in [0.4, 0.5) is 11.5 Å². The summed E-state index contributed by atoms with van der Waals surface area (Å²) >= 11 is 7.03. The molecule has 3 aromatic rings. The number of hydrogen-bond donors (Lipinski definition) is 2. The highest BCUT2D eigenvalue weighted by molar-refractivity contribution is 7.92. The molecule has 2 aromatic heterocycles. The summed E-state index contributed by atoms with van der Waals surface area (Å²) in [7, 11) is -2.41. The summed E-state index contributed by atoms with van der Waals surface area (Å²) in [5.74, 6) is -0.0929. The van der Waals surface area contributed by atoms with Gasteiger partial charge in [0.25, 0.3) is 10.0 Å². The number of rotatable bonds is 3. The zero-order chi connectivity index (χ0) is 15.2. The molecule has 0 saturated carbocycles. The Kier molecular flexibility index (Phi) is 3.23. The number of nitrogens with zero attached hydrogens (tertiary/aromatic N) is 4. The molecule has 0 saturated heterocycles. The Balaban J connectivity index is 2.14. The summed E-state index contributed by atoms with van der Waals surface area (Å²) in [5.41, 5.74) is 6.71. The van der Waals surface area contributed by atoms with Crippen LogP contribution in [0.2, 0.25) is 5.02 Å². The van der Waals surface area contributed by atoms with E-state index in [1.54, 1.807) is 12.1 Å². The molecule has 0 amide bonds. The van der Waals surface area contributed by atoms with Crippen molar-refractivity contribution in [1.29, 1.82) is 0 Å². The molecule has 0 aliphatic heterocycles. The second-order valence-electron chi connectivity index (χ2n) is 4.21. The van der Waals surface area contributed by atoms with Gasteiger partial charge in [-0.1, -0.05) is 11.6 Å². The van der Waals surface area contributed by atoms with Crippen LogP contribution in [0, 0.1) is 0 Å². The van der Waals surface area contributed by atoms with Crippen molar-refractivity contribution < 1.29 is 8.42 Å². The Morgan fingerprint density at radius 1 is 1.38 bits per heavy atom. The normalized spacial score (nSPS) is 11.9. The highest BCUT2D eigenvalue weighted by Crippen LogP contribution is 2.32. The molecular formula is C10H9ClN6O2S2. The second-order valence-corrected chi connectivity index (χ2v) is 6.74. The molecule has 0 radical (unpaired) electrons. The lowest BCUT2D eigenvalue weighted by atomic mass is 10.3. The van der Waals surface area contributed by atoms with Crippen molar-refractivity contribution in [2.45, 2.75) is 5.03 Å². The third kappa shape index (κ3) is 2.30. The monoisotopic (exact) mass is 344 g/mol. The molecule has 0 unspecified atom stereocenters. The van der Waals surface area contributed by atoms with Gasteiger partial charge in [0.1, 0.15) is 11.0 Å². The van der Waals surface area contributed by atoms with Crippen molar-refractivity contribution in [2.75, 3.05) is 10.5 Å². The number of fused-ring (bicyclic) bond motifs is 1. The summed E-state index contributed by atoms with van der Waals surface area (Å²) in [6, 6.07) is 3.22. The molecular weight excluding hydrogens is 336 g/mol. The number of halogens is 1. The number of nitrogens with two attached hydrogens (primary N) is 1. The first-order chi connectivity index (χ1) is 9.90. The van der Waals surface area contributed by atoms with Crippen LogP contribution in [-0.4, -0.2) is 26.7 Å². The average Bonchev–Trinajstić information content (AvgIpc) is 3.00. The first-order valence-corrected chi connectivity index (χ1v) is 8.19. The first-order valence-electron chi connectivity index (χ1n) is 5.60. The van der Waals surface area contributed by atoms with Gasteiger partial charge in [0.2, 0.25) is 0 Å². The quantitative estimate of drug-likeness (QED) is 0.743. The van der Waals surface area contributed by atoms with Crippen molar-refractivity contribution in [3.8, 4) is 0 Å². The van der Waals surface area contributed by atoms with Crippen LogP contribution in [0.25, 0.3) is 11.0 Å². The number of anilines is 2. The molecule has 110 valence electrons. The Morgan fingerprint density at radius 3 is 2.81 bits per heavy atom. The molecule has 0 bridgehead atoms. The van der Waals surface area contributed by atoms with Gasteiger partial charge in [-0.05, 0) is 12.1 Å².